The second kappa shape index (κ2) is 9.63. The van der Waals surface area contributed by atoms with Crippen LogP contribution in [0.25, 0.3) is 0 Å². The number of nitrogens with zero attached hydrogens (tertiary/aromatic N) is 3. The van der Waals surface area contributed by atoms with E-state index >= 15 is 0 Å². The number of aromatic nitrogens is 3. The third kappa shape index (κ3) is 4.73. The Balaban J connectivity index is 1.27. The van der Waals surface area contributed by atoms with Gasteiger partial charge in [0.1, 0.15) is 5.82 Å². The van der Waals surface area contributed by atoms with Gasteiger partial charge in [-0.15, -0.1) is 0 Å². The number of amides is 1. The zero-order chi connectivity index (χ0) is 23.5. The Hall–Kier alpha value is -3.12. The van der Waals surface area contributed by atoms with Crippen LogP contribution >= 0.6 is 0 Å². The average Bonchev–Trinajstić information content (AvgIpc) is 3.68. The van der Waals surface area contributed by atoms with Gasteiger partial charge in [-0.2, -0.15) is 0 Å². The summed E-state index contributed by atoms with van der Waals surface area (Å²) in [6.45, 7) is 4.20. The van der Waals surface area contributed by atoms with Gasteiger partial charge in [0.15, 0.2) is 0 Å². The lowest BCUT2D eigenvalue weighted by Crippen LogP contribution is -2.29. The highest BCUT2D eigenvalue weighted by molar-refractivity contribution is 5.90. The molecule has 0 atom stereocenters. The molecule has 34 heavy (non-hydrogen) atoms. The van der Waals surface area contributed by atoms with Gasteiger partial charge in [-0.05, 0) is 86.9 Å². The second-order valence-electron chi connectivity index (χ2n) is 9.81. The van der Waals surface area contributed by atoms with Crippen LogP contribution in [0.4, 0.5) is 0 Å². The van der Waals surface area contributed by atoms with E-state index in [9.17, 15) is 4.79 Å². The van der Waals surface area contributed by atoms with E-state index in [1.165, 1.54) is 11.3 Å². The van der Waals surface area contributed by atoms with E-state index in [-0.39, 0.29) is 5.91 Å². The van der Waals surface area contributed by atoms with E-state index in [0.717, 1.165) is 79.8 Å². The Bertz CT molecular complexity index is 1160. The molecule has 176 valence electrons. The van der Waals surface area contributed by atoms with Crippen LogP contribution in [0, 0.1) is 6.92 Å². The average molecular weight is 456 g/mol. The van der Waals surface area contributed by atoms with Crippen LogP contribution in [0.3, 0.4) is 0 Å². The van der Waals surface area contributed by atoms with E-state index in [4.69, 9.17) is 15.7 Å². The summed E-state index contributed by atoms with van der Waals surface area (Å²) in [5, 5.41) is 3.41. The first kappa shape index (κ1) is 22.7. The third-order valence-corrected chi connectivity index (χ3v) is 7.48. The number of carbonyl (C=O) groups is 1. The number of benzene rings is 1. The number of nitrogens with one attached hydrogen (secondary N) is 1. The summed E-state index contributed by atoms with van der Waals surface area (Å²) in [7, 11) is 0. The molecule has 6 heteroatoms. The fourth-order valence-corrected chi connectivity index (χ4v) is 5.17. The number of piperidine rings is 1. The van der Waals surface area contributed by atoms with E-state index in [2.05, 4.69) is 41.5 Å². The van der Waals surface area contributed by atoms with Gasteiger partial charge in [-0.3, -0.25) is 9.78 Å². The van der Waals surface area contributed by atoms with Crippen molar-refractivity contribution >= 4 is 5.91 Å². The highest BCUT2D eigenvalue weighted by Crippen LogP contribution is 2.49. The van der Waals surface area contributed by atoms with Gasteiger partial charge in [0.2, 0.25) is 5.91 Å². The highest BCUT2D eigenvalue weighted by Gasteiger charge is 2.50. The van der Waals surface area contributed by atoms with Crippen LogP contribution in [-0.4, -0.2) is 33.9 Å². The molecule has 2 aromatic heterocycles. The van der Waals surface area contributed by atoms with Crippen molar-refractivity contribution in [2.24, 2.45) is 5.73 Å². The molecule has 1 saturated heterocycles. The summed E-state index contributed by atoms with van der Waals surface area (Å²) in [5.41, 5.74) is 12.0. The van der Waals surface area contributed by atoms with Crippen molar-refractivity contribution in [1.82, 2.24) is 20.3 Å². The van der Waals surface area contributed by atoms with Crippen LogP contribution in [0.15, 0.2) is 48.8 Å². The van der Waals surface area contributed by atoms with E-state index in [1.807, 2.05) is 24.5 Å². The summed E-state index contributed by atoms with van der Waals surface area (Å²) in [4.78, 5) is 26.3. The molecule has 1 saturated carbocycles. The molecule has 3 N–H and O–H groups in total. The molecule has 3 heterocycles. The predicted octanol–water partition coefficient (Wildman–Crippen LogP) is 3.54. The monoisotopic (exact) mass is 455 g/mol. The minimum Gasteiger partial charge on any atom is -0.369 e. The van der Waals surface area contributed by atoms with Gasteiger partial charge in [0, 0.05) is 36.1 Å². The van der Waals surface area contributed by atoms with E-state index < -0.39 is 5.41 Å². The van der Waals surface area contributed by atoms with Gasteiger partial charge < -0.3 is 11.1 Å². The number of aryl methyl sites for hydroxylation is 3. The lowest BCUT2D eigenvalue weighted by Gasteiger charge is -2.22. The van der Waals surface area contributed by atoms with E-state index in [1.54, 1.807) is 0 Å². The maximum atomic E-state index is 12.1. The fraction of sp³-hybridized carbons (Fsp3) is 0.429. The molecular weight excluding hydrogens is 422 g/mol. The summed E-state index contributed by atoms with van der Waals surface area (Å²) in [6.07, 6.45) is 10.2. The molecule has 0 spiro atoms. The first-order valence-electron chi connectivity index (χ1n) is 12.4. The van der Waals surface area contributed by atoms with Gasteiger partial charge in [-0.25, -0.2) is 9.97 Å². The van der Waals surface area contributed by atoms with Crippen molar-refractivity contribution in [3.05, 3.63) is 88.3 Å². The Morgan fingerprint density at radius 2 is 1.85 bits per heavy atom. The number of nitrogens with two attached hydrogens (primary N) is 1. The number of rotatable bonds is 8. The summed E-state index contributed by atoms with van der Waals surface area (Å²) in [6, 6.07) is 12.6. The molecule has 3 aromatic rings. The Morgan fingerprint density at radius 3 is 2.56 bits per heavy atom. The topological polar surface area (TPSA) is 93.8 Å². The molecule has 0 unspecified atom stereocenters. The molecule has 2 aliphatic rings. The smallest absolute Gasteiger partial charge is 0.228 e. The molecule has 5 rings (SSSR count). The summed E-state index contributed by atoms with van der Waals surface area (Å²) >= 11 is 0. The van der Waals surface area contributed by atoms with Crippen molar-refractivity contribution in [2.45, 2.75) is 63.2 Å². The van der Waals surface area contributed by atoms with Crippen molar-refractivity contribution in [2.75, 3.05) is 13.1 Å². The van der Waals surface area contributed by atoms with Gasteiger partial charge in [0.05, 0.1) is 5.41 Å². The SMILES string of the molecule is Cc1cnc(Cc2ccc(C3CCNCC3)nc2)nc1CCc1ccccc1C1(C(N)=O)CC1. The Kier molecular flexibility index (Phi) is 6.42. The molecule has 1 aromatic carbocycles. The van der Waals surface area contributed by atoms with Crippen LogP contribution < -0.4 is 11.1 Å². The molecule has 0 bridgehead atoms. The number of hydrogen-bond donors (Lipinski definition) is 2. The normalized spacial score (nSPS) is 17.4. The molecule has 6 nitrogen and oxygen atoms in total. The van der Waals surface area contributed by atoms with Crippen molar-refractivity contribution in [3.63, 3.8) is 0 Å². The largest absolute Gasteiger partial charge is 0.369 e. The number of pyridine rings is 1. The number of hydrogen-bond acceptors (Lipinski definition) is 5. The molecule has 0 radical (unpaired) electrons. The van der Waals surface area contributed by atoms with Gasteiger partial charge in [0.25, 0.3) is 0 Å². The van der Waals surface area contributed by atoms with Crippen molar-refractivity contribution in [3.8, 4) is 0 Å². The first-order chi connectivity index (χ1) is 16.5. The minimum absolute atomic E-state index is 0.208. The maximum Gasteiger partial charge on any atom is 0.228 e. The molecule has 1 aliphatic heterocycles. The number of carbonyl (C=O) groups excluding carboxylic acids is 1. The van der Waals surface area contributed by atoms with Crippen LogP contribution in [0.2, 0.25) is 0 Å². The predicted molar refractivity (Wildman–Crippen MR) is 133 cm³/mol. The first-order valence-corrected chi connectivity index (χ1v) is 12.4. The van der Waals surface area contributed by atoms with Crippen molar-refractivity contribution in [1.29, 1.82) is 0 Å². The summed E-state index contributed by atoms with van der Waals surface area (Å²) < 4.78 is 0. The van der Waals surface area contributed by atoms with Crippen LogP contribution in [0.1, 0.15) is 71.1 Å². The minimum atomic E-state index is -0.463. The highest BCUT2D eigenvalue weighted by atomic mass is 16.1. The van der Waals surface area contributed by atoms with E-state index in [0.29, 0.717) is 12.3 Å². The zero-order valence-electron chi connectivity index (χ0n) is 19.9. The molecule has 1 amide bonds. The lowest BCUT2D eigenvalue weighted by atomic mass is 9.88. The van der Waals surface area contributed by atoms with Crippen LogP contribution in [0.5, 0.6) is 0 Å². The standard InChI is InChI=1S/C28H33N5O/c1-19-17-32-26(16-20-6-8-25(31-18-20)22-10-14-30-15-11-22)33-24(19)9-7-21-4-2-3-5-23(21)28(12-13-28)27(29)34/h2-6,8,17-18,22,30H,7,9-16H2,1H3,(H2,29,34). The van der Waals surface area contributed by atoms with Crippen LogP contribution in [-0.2, 0) is 29.5 Å². The lowest BCUT2D eigenvalue weighted by molar-refractivity contribution is -0.120. The molecular formula is C28H33N5O. The maximum absolute atomic E-state index is 12.1. The fourth-order valence-electron chi connectivity index (χ4n) is 5.17. The summed E-state index contributed by atoms with van der Waals surface area (Å²) in [5.74, 6) is 1.17. The molecule has 2 fully saturated rings. The third-order valence-electron chi connectivity index (χ3n) is 7.48. The Labute approximate surface area is 201 Å². The Morgan fingerprint density at radius 1 is 1.06 bits per heavy atom. The van der Waals surface area contributed by atoms with Gasteiger partial charge >= 0.3 is 0 Å². The van der Waals surface area contributed by atoms with Gasteiger partial charge in [-0.1, -0.05) is 30.3 Å². The van der Waals surface area contributed by atoms with Crippen molar-refractivity contribution < 1.29 is 4.79 Å². The molecule has 1 aliphatic carbocycles. The quantitative estimate of drug-likeness (QED) is 0.542. The zero-order valence-corrected chi connectivity index (χ0v) is 19.9. The number of primary amides is 1. The second-order valence-corrected chi connectivity index (χ2v) is 9.81.